The Bertz CT molecular complexity index is 854. The Morgan fingerprint density at radius 2 is 1.91 bits per heavy atom. The molecule has 0 aliphatic heterocycles. The van der Waals surface area contributed by atoms with Crippen LogP contribution in [0.5, 0.6) is 0 Å². The van der Waals surface area contributed by atoms with Crippen LogP contribution in [0.15, 0.2) is 42.7 Å². The summed E-state index contributed by atoms with van der Waals surface area (Å²) in [6.07, 6.45) is 3.13. The minimum Gasteiger partial charge on any atom is -0.399 e. The maximum atomic E-state index is 12.7. The van der Waals surface area contributed by atoms with Gasteiger partial charge < -0.3 is 5.73 Å². The van der Waals surface area contributed by atoms with Crippen LogP contribution < -0.4 is 10.6 Å². The summed E-state index contributed by atoms with van der Waals surface area (Å²) in [5.41, 5.74) is 7.45. The van der Waals surface area contributed by atoms with E-state index < -0.39 is 11.8 Å². The number of aromatic nitrogens is 3. The maximum absolute atomic E-state index is 12.7. The van der Waals surface area contributed by atoms with Crippen molar-refractivity contribution >= 4 is 34.1 Å². The van der Waals surface area contributed by atoms with Gasteiger partial charge in [0.25, 0.3) is 5.91 Å². The molecule has 2 amide bonds. The third-order valence-electron chi connectivity index (χ3n) is 3.24. The predicted octanol–water partition coefficient (Wildman–Crippen LogP) is 1.73. The number of carbonyl (C=O) groups is 2. The fraction of sp³-hybridized carbons (Fsp3) is 0.0667. The molecule has 0 saturated heterocycles. The van der Waals surface area contributed by atoms with Crippen molar-refractivity contribution < 1.29 is 9.59 Å². The summed E-state index contributed by atoms with van der Waals surface area (Å²) in [5, 5.41) is 7.33. The number of nitrogens with two attached hydrogens (primary N) is 1. The molecule has 7 heteroatoms. The number of nitrogens with zero attached hydrogens (tertiary/aromatic N) is 3. The molecule has 3 aromatic rings. The van der Waals surface area contributed by atoms with Crippen LogP contribution in [0.1, 0.15) is 17.4 Å². The van der Waals surface area contributed by atoms with Gasteiger partial charge in [0.05, 0.1) is 16.6 Å². The van der Waals surface area contributed by atoms with Crippen molar-refractivity contribution in [1.29, 1.82) is 0 Å². The molecule has 0 atom stereocenters. The van der Waals surface area contributed by atoms with Gasteiger partial charge in [-0.25, -0.2) is 4.90 Å². The van der Waals surface area contributed by atoms with Gasteiger partial charge in [0.1, 0.15) is 0 Å². The number of aromatic amines is 1. The summed E-state index contributed by atoms with van der Waals surface area (Å²) in [4.78, 5) is 29.7. The smallest absolute Gasteiger partial charge is 0.286 e. The minimum absolute atomic E-state index is 0.148. The molecule has 0 aliphatic rings. The lowest BCUT2D eigenvalue weighted by molar-refractivity contribution is -0.115. The van der Waals surface area contributed by atoms with E-state index in [0.29, 0.717) is 22.3 Å². The van der Waals surface area contributed by atoms with Gasteiger partial charge in [-0.1, -0.05) is 0 Å². The molecular weight excluding hydrogens is 282 g/mol. The average molecular weight is 295 g/mol. The molecule has 0 saturated carbocycles. The number of rotatable bonds is 2. The fourth-order valence-corrected chi connectivity index (χ4v) is 2.19. The Morgan fingerprint density at radius 3 is 2.59 bits per heavy atom. The van der Waals surface area contributed by atoms with Crippen molar-refractivity contribution in [3.8, 4) is 0 Å². The van der Waals surface area contributed by atoms with Crippen LogP contribution in [-0.4, -0.2) is 27.0 Å². The second-order valence-corrected chi connectivity index (χ2v) is 4.74. The molecule has 110 valence electrons. The van der Waals surface area contributed by atoms with E-state index in [-0.39, 0.29) is 5.69 Å². The number of anilines is 2. The number of hydrogen-bond donors (Lipinski definition) is 2. The highest BCUT2D eigenvalue weighted by atomic mass is 16.2. The molecule has 1 aromatic carbocycles. The lowest BCUT2D eigenvalue weighted by Gasteiger charge is -2.18. The number of amides is 2. The van der Waals surface area contributed by atoms with E-state index in [2.05, 4.69) is 15.2 Å². The van der Waals surface area contributed by atoms with Gasteiger partial charge in [0.15, 0.2) is 5.69 Å². The number of fused-ring (bicyclic) bond motifs is 1. The number of H-pyrrole nitrogens is 1. The average Bonchev–Trinajstić information content (AvgIpc) is 2.93. The predicted molar refractivity (Wildman–Crippen MR) is 82.2 cm³/mol. The number of nitrogen functional groups attached to an aromatic ring is 1. The Morgan fingerprint density at radius 1 is 1.18 bits per heavy atom. The summed E-state index contributed by atoms with van der Waals surface area (Å²) in [5.74, 6) is -0.925. The molecule has 0 bridgehead atoms. The normalized spacial score (nSPS) is 10.6. The van der Waals surface area contributed by atoms with E-state index >= 15 is 0 Å². The zero-order valence-corrected chi connectivity index (χ0v) is 11.8. The highest BCUT2D eigenvalue weighted by molar-refractivity contribution is 6.23. The molecule has 0 unspecified atom stereocenters. The van der Waals surface area contributed by atoms with Gasteiger partial charge >= 0.3 is 0 Å². The zero-order valence-electron chi connectivity index (χ0n) is 11.8. The van der Waals surface area contributed by atoms with Gasteiger partial charge in [0, 0.05) is 25.0 Å². The van der Waals surface area contributed by atoms with Crippen LogP contribution in [0.4, 0.5) is 11.4 Å². The lowest BCUT2D eigenvalue weighted by Crippen LogP contribution is -2.35. The highest BCUT2D eigenvalue weighted by Crippen LogP contribution is 2.22. The molecule has 2 aromatic heterocycles. The van der Waals surface area contributed by atoms with E-state index in [0.717, 1.165) is 4.90 Å². The summed E-state index contributed by atoms with van der Waals surface area (Å²) in [6, 6.07) is 8.19. The fourth-order valence-electron chi connectivity index (χ4n) is 2.19. The quantitative estimate of drug-likeness (QED) is 0.700. The number of pyridine rings is 1. The highest BCUT2D eigenvalue weighted by Gasteiger charge is 2.25. The number of benzene rings is 1. The third-order valence-corrected chi connectivity index (χ3v) is 3.24. The minimum atomic E-state index is -0.517. The summed E-state index contributed by atoms with van der Waals surface area (Å²) < 4.78 is 0. The zero-order chi connectivity index (χ0) is 15.7. The van der Waals surface area contributed by atoms with E-state index in [4.69, 9.17) is 5.73 Å². The van der Waals surface area contributed by atoms with Crippen molar-refractivity contribution in [3.63, 3.8) is 0 Å². The topological polar surface area (TPSA) is 105 Å². The van der Waals surface area contributed by atoms with Gasteiger partial charge in [-0.05, 0) is 30.3 Å². The maximum Gasteiger partial charge on any atom is 0.286 e. The van der Waals surface area contributed by atoms with Gasteiger partial charge in [0.2, 0.25) is 5.91 Å². The molecule has 0 fully saturated rings. The molecule has 22 heavy (non-hydrogen) atoms. The molecule has 7 nitrogen and oxygen atoms in total. The van der Waals surface area contributed by atoms with E-state index in [1.807, 2.05) is 0 Å². The first kappa shape index (κ1) is 13.7. The molecule has 2 heterocycles. The van der Waals surface area contributed by atoms with Crippen LogP contribution in [0, 0.1) is 0 Å². The monoisotopic (exact) mass is 295 g/mol. The van der Waals surface area contributed by atoms with Crippen LogP contribution in [0.25, 0.3) is 10.9 Å². The van der Waals surface area contributed by atoms with Crippen molar-refractivity contribution in [2.24, 2.45) is 0 Å². The van der Waals surface area contributed by atoms with E-state index in [9.17, 15) is 9.59 Å². The van der Waals surface area contributed by atoms with E-state index in [1.54, 1.807) is 36.5 Å². The SMILES string of the molecule is CC(=O)N(C(=O)c1n[nH]c2ccncc12)c1ccc(N)cc1. The van der Waals surface area contributed by atoms with Crippen LogP contribution in [-0.2, 0) is 4.79 Å². The third kappa shape index (κ3) is 2.28. The molecule has 0 spiro atoms. The standard InChI is InChI=1S/C15H13N5O2/c1-9(21)20(11-4-2-10(16)3-5-11)15(22)14-12-8-17-7-6-13(12)18-19-14/h2-8H,16H2,1H3,(H,18,19). The summed E-state index contributed by atoms with van der Waals surface area (Å²) >= 11 is 0. The molecular formula is C15H13N5O2. The Kier molecular flexibility index (Phi) is 3.30. The lowest BCUT2D eigenvalue weighted by atomic mass is 10.2. The molecule has 0 radical (unpaired) electrons. The van der Waals surface area contributed by atoms with Gasteiger partial charge in [-0.15, -0.1) is 0 Å². The first-order valence-corrected chi connectivity index (χ1v) is 6.56. The molecule has 3 rings (SSSR count). The first-order chi connectivity index (χ1) is 10.6. The van der Waals surface area contributed by atoms with Crippen molar-refractivity contribution in [1.82, 2.24) is 15.2 Å². The Balaban J connectivity index is 2.07. The van der Waals surface area contributed by atoms with Crippen LogP contribution in [0.3, 0.4) is 0 Å². The van der Waals surface area contributed by atoms with Crippen LogP contribution >= 0.6 is 0 Å². The molecule has 0 aliphatic carbocycles. The molecule has 3 N–H and O–H groups in total. The van der Waals surface area contributed by atoms with Crippen LogP contribution in [0.2, 0.25) is 0 Å². The van der Waals surface area contributed by atoms with Gasteiger partial charge in [-0.2, -0.15) is 5.10 Å². The second kappa shape index (κ2) is 5.28. The Labute approximate surface area is 125 Å². The van der Waals surface area contributed by atoms with Crippen molar-refractivity contribution in [2.45, 2.75) is 6.92 Å². The first-order valence-electron chi connectivity index (χ1n) is 6.56. The summed E-state index contributed by atoms with van der Waals surface area (Å²) in [6.45, 7) is 1.32. The summed E-state index contributed by atoms with van der Waals surface area (Å²) in [7, 11) is 0. The number of imide groups is 1. The second-order valence-electron chi connectivity index (χ2n) is 4.74. The number of nitrogens with one attached hydrogen (secondary N) is 1. The largest absolute Gasteiger partial charge is 0.399 e. The van der Waals surface area contributed by atoms with Crippen molar-refractivity contribution in [2.75, 3.05) is 10.6 Å². The van der Waals surface area contributed by atoms with E-state index in [1.165, 1.54) is 13.1 Å². The number of carbonyl (C=O) groups excluding carboxylic acids is 2. The Hall–Kier alpha value is -3.22. The number of hydrogen-bond acceptors (Lipinski definition) is 5. The van der Waals surface area contributed by atoms with Gasteiger partial charge in [-0.3, -0.25) is 19.7 Å². The van der Waals surface area contributed by atoms with Crippen molar-refractivity contribution in [3.05, 3.63) is 48.4 Å².